The molecule has 6 heteroatoms. The summed E-state index contributed by atoms with van der Waals surface area (Å²) in [4.78, 5) is 24.3. The first-order chi connectivity index (χ1) is 11.0. The summed E-state index contributed by atoms with van der Waals surface area (Å²) in [7, 11) is 0. The van der Waals surface area contributed by atoms with Crippen LogP contribution in [0, 0.1) is 11.8 Å². The lowest BCUT2D eigenvalue weighted by Crippen LogP contribution is -2.20. The third-order valence-corrected chi connectivity index (χ3v) is 4.26. The standard InChI is InChI=1S/C17H14Cl2N2O2/c18-10-6-7-14(19)15(8-10)21-17(23)13-9-12(13)16(22)20-11-4-2-1-3-5-11/h1-8,12-13H,9H2,(H,20,22)(H,21,23). The minimum Gasteiger partial charge on any atom is -0.326 e. The molecule has 23 heavy (non-hydrogen) atoms. The largest absolute Gasteiger partial charge is 0.326 e. The Morgan fingerprint density at radius 2 is 1.57 bits per heavy atom. The maximum absolute atomic E-state index is 12.2. The van der Waals surface area contributed by atoms with E-state index in [4.69, 9.17) is 23.2 Å². The molecule has 1 aliphatic rings. The summed E-state index contributed by atoms with van der Waals surface area (Å²) in [6.45, 7) is 0. The van der Waals surface area contributed by atoms with Gasteiger partial charge in [-0.1, -0.05) is 41.4 Å². The zero-order valence-corrected chi connectivity index (χ0v) is 13.6. The quantitative estimate of drug-likeness (QED) is 0.869. The van der Waals surface area contributed by atoms with Crippen molar-refractivity contribution in [2.24, 2.45) is 11.8 Å². The molecule has 2 amide bonds. The molecule has 0 aliphatic heterocycles. The minimum atomic E-state index is -0.339. The van der Waals surface area contributed by atoms with Gasteiger partial charge in [0.05, 0.1) is 22.5 Å². The van der Waals surface area contributed by atoms with Gasteiger partial charge in [-0.15, -0.1) is 0 Å². The van der Waals surface area contributed by atoms with Crippen molar-refractivity contribution >= 4 is 46.4 Å². The molecule has 2 N–H and O–H groups in total. The predicted molar refractivity (Wildman–Crippen MR) is 91.8 cm³/mol. The second-order valence-corrected chi connectivity index (χ2v) is 6.26. The molecule has 0 aromatic heterocycles. The van der Waals surface area contributed by atoms with Crippen molar-refractivity contribution in [1.29, 1.82) is 0 Å². The maximum atomic E-state index is 12.2. The molecule has 3 rings (SSSR count). The fourth-order valence-electron chi connectivity index (χ4n) is 2.35. The van der Waals surface area contributed by atoms with Gasteiger partial charge in [0.15, 0.2) is 0 Å². The van der Waals surface area contributed by atoms with E-state index < -0.39 is 0 Å². The molecule has 0 bridgehead atoms. The van der Waals surface area contributed by atoms with Crippen molar-refractivity contribution < 1.29 is 9.59 Å². The first-order valence-electron chi connectivity index (χ1n) is 7.16. The van der Waals surface area contributed by atoms with E-state index in [9.17, 15) is 9.59 Å². The van der Waals surface area contributed by atoms with E-state index in [0.29, 0.717) is 22.2 Å². The summed E-state index contributed by atoms with van der Waals surface area (Å²) in [5.41, 5.74) is 1.18. The molecule has 4 nitrogen and oxygen atoms in total. The van der Waals surface area contributed by atoms with Gasteiger partial charge in [0.1, 0.15) is 0 Å². The Hall–Kier alpha value is -2.04. The molecule has 1 saturated carbocycles. The van der Waals surface area contributed by atoms with Crippen molar-refractivity contribution in [3.05, 3.63) is 58.6 Å². The van der Waals surface area contributed by atoms with Crippen LogP contribution in [0.25, 0.3) is 0 Å². The van der Waals surface area contributed by atoms with Gasteiger partial charge in [0, 0.05) is 10.7 Å². The number of rotatable bonds is 4. The SMILES string of the molecule is O=C(Nc1ccccc1)C1CC1C(=O)Nc1cc(Cl)ccc1Cl. The Balaban J connectivity index is 1.58. The lowest BCUT2D eigenvalue weighted by atomic mass is 10.2. The Bertz CT molecular complexity index is 750. The van der Waals surface area contributed by atoms with Gasteiger partial charge in [0.2, 0.25) is 11.8 Å². The van der Waals surface area contributed by atoms with E-state index in [1.54, 1.807) is 30.3 Å². The minimum absolute atomic E-state index is 0.145. The number of carbonyl (C=O) groups is 2. The van der Waals surface area contributed by atoms with E-state index in [-0.39, 0.29) is 23.7 Å². The van der Waals surface area contributed by atoms with Gasteiger partial charge < -0.3 is 10.6 Å². The van der Waals surface area contributed by atoms with E-state index in [0.717, 1.165) is 5.69 Å². The van der Waals surface area contributed by atoms with Crippen LogP contribution in [-0.4, -0.2) is 11.8 Å². The highest BCUT2D eigenvalue weighted by atomic mass is 35.5. The van der Waals surface area contributed by atoms with Crippen LogP contribution in [-0.2, 0) is 9.59 Å². The number of nitrogens with one attached hydrogen (secondary N) is 2. The maximum Gasteiger partial charge on any atom is 0.228 e. The lowest BCUT2D eigenvalue weighted by molar-refractivity contribution is -0.122. The summed E-state index contributed by atoms with van der Waals surface area (Å²) in [6, 6.07) is 14.0. The summed E-state index contributed by atoms with van der Waals surface area (Å²) in [5, 5.41) is 6.43. The highest BCUT2D eigenvalue weighted by Crippen LogP contribution is 2.40. The first-order valence-corrected chi connectivity index (χ1v) is 7.92. The molecule has 0 spiro atoms. The number of amides is 2. The molecule has 0 heterocycles. The predicted octanol–water partition coefficient (Wildman–Crippen LogP) is 4.21. The Morgan fingerprint density at radius 3 is 2.26 bits per heavy atom. The van der Waals surface area contributed by atoms with E-state index >= 15 is 0 Å². The van der Waals surface area contributed by atoms with E-state index in [1.165, 1.54) is 0 Å². The number of anilines is 2. The van der Waals surface area contributed by atoms with Crippen molar-refractivity contribution in [2.75, 3.05) is 10.6 Å². The van der Waals surface area contributed by atoms with Crippen LogP contribution in [0.3, 0.4) is 0 Å². The number of benzene rings is 2. The van der Waals surface area contributed by atoms with Crippen LogP contribution in [0.2, 0.25) is 10.0 Å². The van der Waals surface area contributed by atoms with Crippen molar-refractivity contribution in [3.8, 4) is 0 Å². The van der Waals surface area contributed by atoms with Gasteiger partial charge >= 0.3 is 0 Å². The second-order valence-electron chi connectivity index (χ2n) is 5.42. The molecule has 1 fully saturated rings. The summed E-state index contributed by atoms with van der Waals surface area (Å²) < 4.78 is 0. The third kappa shape index (κ3) is 3.84. The second kappa shape index (κ2) is 6.60. The zero-order chi connectivity index (χ0) is 16.4. The monoisotopic (exact) mass is 348 g/mol. The fraction of sp³-hybridized carbons (Fsp3) is 0.176. The van der Waals surface area contributed by atoms with Crippen LogP contribution in [0.15, 0.2) is 48.5 Å². The topological polar surface area (TPSA) is 58.2 Å². The summed E-state index contributed by atoms with van der Waals surface area (Å²) in [6.07, 6.45) is 0.530. The number of halogens is 2. The first kappa shape index (κ1) is 15.8. The van der Waals surface area contributed by atoms with E-state index in [1.807, 2.05) is 18.2 Å². The van der Waals surface area contributed by atoms with E-state index in [2.05, 4.69) is 10.6 Å². The fourth-order valence-corrected chi connectivity index (χ4v) is 2.69. The molecule has 2 atom stereocenters. The molecule has 1 aliphatic carbocycles. The highest BCUT2D eigenvalue weighted by molar-refractivity contribution is 6.35. The molecule has 0 radical (unpaired) electrons. The normalized spacial score (nSPS) is 19.0. The van der Waals surface area contributed by atoms with Gasteiger partial charge in [-0.3, -0.25) is 9.59 Å². The molecule has 2 unspecified atom stereocenters. The van der Waals surface area contributed by atoms with Crippen molar-refractivity contribution in [3.63, 3.8) is 0 Å². The molecular formula is C17H14Cl2N2O2. The molecular weight excluding hydrogens is 335 g/mol. The number of para-hydroxylation sites is 1. The van der Waals surface area contributed by atoms with Crippen LogP contribution in [0.1, 0.15) is 6.42 Å². The van der Waals surface area contributed by atoms with Gasteiger partial charge in [0.25, 0.3) is 0 Å². The van der Waals surface area contributed by atoms with Crippen LogP contribution in [0.5, 0.6) is 0 Å². The smallest absolute Gasteiger partial charge is 0.228 e. The van der Waals surface area contributed by atoms with Crippen molar-refractivity contribution in [1.82, 2.24) is 0 Å². The van der Waals surface area contributed by atoms with Crippen LogP contribution >= 0.6 is 23.2 Å². The van der Waals surface area contributed by atoms with Gasteiger partial charge in [-0.2, -0.15) is 0 Å². The number of carbonyl (C=O) groups excluding carboxylic acids is 2. The van der Waals surface area contributed by atoms with Crippen LogP contribution < -0.4 is 10.6 Å². The average molecular weight is 349 g/mol. The third-order valence-electron chi connectivity index (χ3n) is 3.69. The Morgan fingerprint density at radius 1 is 0.913 bits per heavy atom. The molecule has 2 aromatic rings. The van der Waals surface area contributed by atoms with Crippen LogP contribution in [0.4, 0.5) is 11.4 Å². The zero-order valence-electron chi connectivity index (χ0n) is 12.1. The summed E-state index contributed by atoms with van der Waals surface area (Å²) >= 11 is 11.9. The molecule has 118 valence electrons. The molecule has 0 saturated heterocycles. The lowest BCUT2D eigenvalue weighted by Gasteiger charge is -2.08. The summed E-state index contributed by atoms with van der Waals surface area (Å²) in [5.74, 6) is -1.02. The molecule has 2 aromatic carbocycles. The average Bonchev–Trinajstić information content (AvgIpc) is 3.33. The Labute approximate surface area is 143 Å². The van der Waals surface area contributed by atoms with Gasteiger partial charge in [-0.25, -0.2) is 0 Å². The number of hydrogen-bond acceptors (Lipinski definition) is 2. The van der Waals surface area contributed by atoms with Gasteiger partial charge in [-0.05, 0) is 36.8 Å². The Kier molecular flexibility index (Phi) is 4.55. The van der Waals surface area contributed by atoms with Crippen molar-refractivity contribution in [2.45, 2.75) is 6.42 Å². The highest BCUT2D eigenvalue weighted by Gasteiger charge is 2.48. The number of hydrogen-bond donors (Lipinski definition) is 2.